The van der Waals surface area contributed by atoms with Gasteiger partial charge in [0, 0.05) is 10.9 Å². The molecule has 3 aromatic rings. The summed E-state index contributed by atoms with van der Waals surface area (Å²) in [6.07, 6.45) is 3.23. The molecule has 0 aliphatic heterocycles. The minimum atomic E-state index is -0.169. The van der Waals surface area contributed by atoms with E-state index in [0.717, 1.165) is 16.7 Å². The molecule has 1 aromatic heterocycles. The van der Waals surface area contributed by atoms with E-state index in [2.05, 4.69) is 0 Å². The van der Waals surface area contributed by atoms with Crippen LogP contribution in [0.1, 0.15) is 16.1 Å². The summed E-state index contributed by atoms with van der Waals surface area (Å²) in [5.41, 5.74) is 1.57. The Morgan fingerprint density at radius 2 is 1.86 bits per heavy atom. The first-order valence-electron chi connectivity index (χ1n) is 6.62. The SMILES string of the molecule is COc1ccccc1/C=C/C(=O)c1cc2ccccc2o1. The van der Waals surface area contributed by atoms with Crippen molar-refractivity contribution in [1.29, 1.82) is 0 Å². The molecule has 104 valence electrons. The maximum Gasteiger partial charge on any atom is 0.221 e. The summed E-state index contributed by atoms with van der Waals surface area (Å²) in [4.78, 5) is 12.2. The number of carbonyl (C=O) groups excluding carboxylic acids is 1. The Morgan fingerprint density at radius 3 is 2.67 bits per heavy atom. The zero-order valence-electron chi connectivity index (χ0n) is 11.6. The van der Waals surface area contributed by atoms with Gasteiger partial charge in [-0.05, 0) is 30.4 Å². The summed E-state index contributed by atoms with van der Waals surface area (Å²) in [6.45, 7) is 0. The van der Waals surface area contributed by atoms with Crippen molar-refractivity contribution in [3.05, 3.63) is 72.0 Å². The lowest BCUT2D eigenvalue weighted by Gasteiger charge is -2.02. The third kappa shape index (κ3) is 2.72. The van der Waals surface area contributed by atoms with Gasteiger partial charge in [-0.25, -0.2) is 0 Å². The summed E-state index contributed by atoms with van der Waals surface area (Å²) in [5.74, 6) is 0.894. The fraction of sp³-hybridized carbons (Fsp3) is 0.0556. The van der Waals surface area contributed by atoms with Crippen LogP contribution in [0.5, 0.6) is 5.75 Å². The summed E-state index contributed by atoms with van der Waals surface area (Å²) >= 11 is 0. The fourth-order valence-corrected chi connectivity index (χ4v) is 2.16. The number of rotatable bonds is 4. The van der Waals surface area contributed by atoms with E-state index in [1.165, 1.54) is 6.08 Å². The van der Waals surface area contributed by atoms with E-state index in [0.29, 0.717) is 11.3 Å². The molecule has 3 rings (SSSR count). The topological polar surface area (TPSA) is 39.4 Å². The number of hydrogen-bond donors (Lipinski definition) is 0. The number of fused-ring (bicyclic) bond motifs is 1. The third-order valence-corrected chi connectivity index (χ3v) is 3.22. The largest absolute Gasteiger partial charge is 0.496 e. The highest BCUT2D eigenvalue weighted by molar-refractivity contribution is 6.07. The zero-order valence-corrected chi connectivity index (χ0v) is 11.6. The number of para-hydroxylation sites is 2. The summed E-state index contributed by atoms with van der Waals surface area (Å²) < 4.78 is 10.8. The van der Waals surface area contributed by atoms with Crippen molar-refractivity contribution in [3.8, 4) is 5.75 Å². The molecule has 0 aliphatic carbocycles. The molecular weight excluding hydrogens is 264 g/mol. The van der Waals surface area contributed by atoms with Gasteiger partial charge in [0.2, 0.25) is 5.78 Å². The molecule has 3 heteroatoms. The molecule has 0 saturated heterocycles. The van der Waals surface area contributed by atoms with Crippen LogP contribution < -0.4 is 4.74 Å². The number of benzene rings is 2. The summed E-state index contributed by atoms with van der Waals surface area (Å²) in [5, 5.41) is 0.923. The minimum absolute atomic E-state index is 0.169. The van der Waals surface area contributed by atoms with Crippen molar-refractivity contribution in [2.24, 2.45) is 0 Å². The molecule has 0 atom stereocenters. The van der Waals surface area contributed by atoms with Gasteiger partial charge in [-0.2, -0.15) is 0 Å². The van der Waals surface area contributed by atoms with E-state index in [9.17, 15) is 4.79 Å². The molecule has 0 bridgehead atoms. The maximum absolute atomic E-state index is 12.2. The lowest BCUT2D eigenvalue weighted by Crippen LogP contribution is -1.91. The molecule has 0 aliphatic rings. The standard InChI is InChI=1S/C18H14O3/c1-20-16-8-4-2-6-13(16)10-11-15(19)18-12-14-7-3-5-9-17(14)21-18/h2-12H,1H3/b11-10+. The van der Waals surface area contributed by atoms with E-state index in [1.54, 1.807) is 19.3 Å². The van der Waals surface area contributed by atoms with Gasteiger partial charge in [0.25, 0.3) is 0 Å². The Bertz CT molecular complexity index is 779. The van der Waals surface area contributed by atoms with E-state index in [4.69, 9.17) is 9.15 Å². The van der Waals surface area contributed by atoms with Gasteiger partial charge in [-0.3, -0.25) is 4.79 Å². The second kappa shape index (κ2) is 5.67. The highest BCUT2D eigenvalue weighted by Crippen LogP contribution is 2.21. The van der Waals surface area contributed by atoms with Crippen molar-refractivity contribution in [1.82, 2.24) is 0 Å². The molecule has 0 amide bonds. The van der Waals surface area contributed by atoms with E-state index < -0.39 is 0 Å². The van der Waals surface area contributed by atoms with Gasteiger partial charge in [-0.1, -0.05) is 36.4 Å². The van der Waals surface area contributed by atoms with Gasteiger partial charge in [0.1, 0.15) is 11.3 Å². The lowest BCUT2D eigenvalue weighted by atomic mass is 10.1. The van der Waals surface area contributed by atoms with Crippen LogP contribution in [-0.4, -0.2) is 12.9 Å². The molecule has 0 saturated carbocycles. The van der Waals surface area contributed by atoms with Crippen molar-refractivity contribution >= 4 is 22.8 Å². The minimum Gasteiger partial charge on any atom is -0.496 e. The molecule has 0 unspecified atom stereocenters. The molecule has 0 fully saturated rings. The highest BCUT2D eigenvalue weighted by atomic mass is 16.5. The first kappa shape index (κ1) is 13.2. The molecule has 1 heterocycles. The number of hydrogen-bond acceptors (Lipinski definition) is 3. The monoisotopic (exact) mass is 278 g/mol. The predicted molar refractivity (Wildman–Crippen MR) is 82.6 cm³/mol. The van der Waals surface area contributed by atoms with Crippen LogP contribution in [0, 0.1) is 0 Å². The third-order valence-electron chi connectivity index (χ3n) is 3.22. The van der Waals surface area contributed by atoms with Crippen LogP contribution in [0.4, 0.5) is 0 Å². The van der Waals surface area contributed by atoms with E-state index >= 15 is 0 Å². The fourth-order valence-electron chi connectivity index (χ4n) is 2.16. The average Bonchev–Trinajstić information content (AvgIpc) is 2.97. The smallest absolute Gasteiger partial charge is 0.221 e. The molecule has 3 nitrogen and oxygen atoms in total. The first-order chi connectivity index (χ1) is 10.3. The summed E-state index contributed by atoms with van der Waals surface area (Å²) in [6, 6.07) is 16.8. The maximum atomic E-state index is 12.2. The average molecular weight is 278 g/mol. The van der Waals surface area contributed by atoms with Crippen molar-refractivity contribution < 1.29 is 13.9 Å². The highest BCUT2D eigenvalue weighted by Gasteiger charge is 2.09. The Balaban J connectivity index is 1.87. The molecule has 0 spiro atoms. The van der Waals surface area contributed by atoms with Crippen molar-refractivity contribution in [2.75, 3.05) is 7.11 Å². The normalized spacial score (nSPS) is 11.1. The Labute approximate surface area is 122 Å². The van der Waals surface area contributed by atoms with Crippen molar-refractivity contribution in [3.63, 3.8) is 0 Å². The number of furan rings is 1. The quantitative estimate of drug-likeness (QED) is 0.526. The number of allylic oxidation sites excluding steroid dienone is 1. The molecule has 2 aromatic carbocycles. The number of ketones is 1. The second-order valence-electron chi connectivity index (χ2n) is 4.59. The molecular formula is C18H14O3. The second-order valence-corrected chi connectivity index (χ2v) is 4.59. The number of methoxy groups -OCH3 is 1. The van der Waals surface area contributed by atoms with Gasteiger partial charge >= 0.3 is 0 Å². The van der Waals surface area contributed by atoms with Crippen LogP contribution in [0.3, 0.4) is 0 Å². The molecule has 0 radical (unpaired) electrons. The molecule has 21 heavy (non-hydrogen) atoms. The van der Waals surface area contributed by atoms with Gasteiger partial charge in [0.05, 0.1) is 7.11 Å². The van der Waals surface area contributed by atoms with Gasteiger partial charge < -0.3 is 9.15 Å². The van der Waals surface area contributed by atoms with Crippen LogP contribution in [0.2, 0.25) is 0 Å². The van der Waals surface area contributed by atoms with Crippen LogP contribution >= 0.6 is 0 Å². The first-order valence-corrected chi connectivity index (χ1v) is 6.62. The molecule has 0 N–H and O–H groups in total. The lowest BCUT2D eigenvalue weighted by molar-refractivity contribution is 0.102. The Morgan fingerprint density at radius 1 is 1.10 bits per heavy atom. The van der Waals surface area contributed by atoms with Crippen LogP contribution in [-0.2, 0) is 0 Å². The van der Waals surface area contributed by atoms with E-state index in [-0.39, 0.29) is 5.78 Å². The summed E-state index contributed by atoms with van der Waals surface area (Å²) in [7, 11) is 1.60. The zero-order chi connectivity index (χ0) is 14.7. The van der Waals surface area contributed by atoms with E-state index in [1.807, 2.05) is 48.5 Å². The van der Waals surface area contributed by atoms with Crippen LogP contribution in [0.15, 0.2) is 65.1 Å². The Hall–Kier alpha value is -2.81. The number of carbonyl (C=O) groups is 1. The van der Waals surface area contributed by atoms with Gasteiger partial charge in [-0.15, -0.1) is 0 Å². The predicted octanol–water partition coefficient (Wildman–Crippen LogP) is 4.34. The Kier molecular flexibility index (Phi) is 3.56. The van der Waals surface area contributed by atoms with Crippen LogP contribution in [0.25, 0.3) is 17.0 Å². The van der Waals surface area contributed by atoms with Gasteiger partial charge in [0.15, 0.2) is 5.76 Å². The van der Waals surface area contributed by atoms with Crippen molar-refractivity contribution in [2.45, 2.75) is 0 Å². The number of ether oxygens (including phenoxy) is 1.